The lowest BCUT2D eigenvalue weighted by Crippen LogP contribution is -2.11. The topological polar surface area (TPSA) is 112 Å². The number of aryl methyl sites for hydroxylation is 2. The zero-order valence-electron chi connectivity index (χ0n) is 24.9. The second kappa shape index (κ2) is 15.3. The van der Waals surface area contributed by atoms with Gasteiger partial charge in [0.2, 0.25) is 0 Å². The molecule has 8 heteroatoms. The molecule has 0 aliphatic carbocycles. The van der Waals surface area contributed by atoms with Crippen molar-refractivity contribution in [1.82, 2.24) is 0 Å². The van der Waals surface area contributed by atoms with E-state index in [0.717, 1.165) is 49.1 Å². The minimum absolute atomic E-state index is 0.239. The second-order valence-electron chi connectivity index (χ2n) is 10.3. The van der Waals surface area contributed by atoms with Crippen molar-refractivity contribution < 1.29 is 33.3 Å². The Hall–Kier alpha value is -5.24. The Kier molecular flexibility index (Phi) is 11.0. The van der Waals surface area contributed by atoms with Crippen LogP contribution in [0, 0.1) is 19.3 Å². The number of carbonyl (C=O) groups excluding carboxylic acids is 3. The molecule has 0 fully saturated rings. The largest absolute Gasteiger partial charge is 0.494 e. The number of carbonyl (C=O) groups is 3. The first-order valence-electron chi connectivity index (χ1n) is 14.4. The average molecular weight is 594 g/mol. The van der Waals surface area contributed by atoms with E-state index in [1.807, 2.05) is 26.0 Å². The predicted octanol–water partition coefficient (Wildman–Crippen LogP) is 7.56. The maximum Gasteiger partial charge on any atom is 0.343 e. The highest BCUT2D eigenvalue weighted by Crippen LogP contribution is 2.29. The maximum atomic E-state index is 12.9. The second-order valence-corrected chi connectivity index (χ2v) is 10.3. The Morgan fingerprint density at radius 2 is 1.41 bits per heavy atom. The molecule has 4 aromatic rings. The lowest BCUT2D eigenvalue weighted by molar-refractivity contribution is -0.137. The van der Waals surface area contributed by atoms with Crippen molar-refractivity contribution in [2.45, 2.75) is 39.5 Å². The fraction of sp³-hybridized carbons (Fsp3) is 0.222. The van der Waals surface area contributed by atoms with E-state index in [2.05, 4.69) is 6.58 Å². The van der Waals surface area contributed by atoms with E-state index < -0.39 is 17.9 Å². The summed E-state index contributed by atoms with van der Waals surface area (Å²) in [5, 5.41) is 9.34. The summed E-state index contributed by atoms with van der Waals surface area (Å²) >= 11 is 0. The number of hydrogen-bond donors (Lipinski definition) is 1. The lowest BCUT2D eigenvalue weighted by atomic mass is 10.0. The third-order valence-corrected chi connectivity index (χ3v) is 6.95. The Labute approximate surface area is 256 Å². The molecule has 0 atom stereocenters. The van der Waals surface area contributed by atoms with Gasteiger partial charge in [0.1, 0.15) is 17.2 Å². The third kappa shape index (κ3) is 8.41. The minimum atomic E-state index is -0.565. The number of fused-ring (bicyclic) bond motifs is 1. The zero-order valence-corrected chi connectivity index (χ0v) is 24.9. The first kappa shape index (κ1) is 31.7. The van der Waals surface area contributed by atoms with Crippen molar-refractivity contribution in [1.29, 1.82) is 5.41 Å². The molecule has 4 aromatic carbocycles. The number of esters is 3. The van der Waals surface area contributed by atoms with Crippen molar-refractivity contribution >= 4 is 34.9 Å². The molecule has 0 spiro atoms. The van der Waals surface area contributed by atoms with Crippen molar-refractivity contribution in [3.63, 3.8) is 0 Å². The first-order chi connectivity index (χ1) is 21.3. The van der Waals surface area contributed by atoms with E-state index in [9.17, 15) is 14.4 Å². The van der Waals surface area contributed by atoms with Gasteiger partial charge in [-0.1, -0.05) is 36.4 Å². The van der Waals surface area contributed by atoms with Crippen molar-refractivity contribution in [3.8, 4) is 17.2 Å². The van der Waals surface area contributed by atoms with Crippen LogP contribution < -0.4 is 14.2 Å². The summed E-state index contributed by atoms with van der Waals surface area (Å²) in [6.07, 6.45) is 5.78. The van der Waals surface area contributed by atoms with Crippen molar-refractivity contribution in [2.24, 2.45) is 0 Å². The highest BCUT2D eigenvalue weighted by molar-refractivity contribution is 6.05. The molecule has 0 aromatic heterocycles. The average Bonchev–Trinajstić information content (AvgIpc) is 3.03. The Morgan fingerprint density at radius 1 is 0.750 bits per heavy atom. The minimum Gasteiger partial charge on any atom is -0.494 e. The van der Waals surface area contributed by atoms with Crippen LogP contribution >= 0.6 is 0 Å². The van der Waals surface area contributed by atoms with Crippen LogP contribution in [-0.4, -0.2) is 37.3 Å². The van der Waals surface area contributed by atoms with Crippen LogP contribution in [0.4, 0.5) is 0 Å². The van der Waals surface area contributed by atoms with Crippen molar-refractivity contribution in [2.75, 3.05) is 13.2 Å². The monoisotopic (exact) mass is 593 g/mol. The molecule has 8 nitrogen and oxygen atoms in total. The first-order valence-corrected chi connectivity index (χ1v) is 14.4. The molecule has 44 heavy (non-hydrogen) atoms. The van der Waals surface area contributed by atoms with Gasteiger partial charge in [-0.25, -0.2) is 14.4 Å². The molecule has 0 heterocycles. The number of ether oxygens (including phenoxy) is 4. The van der Waals surface area contributed by atoms with E-state index in [-0.39, 0.29) is 5.75 Å². The van der Waals surface area contributed by atoms with Gasteiger partial charge in [0.15, 0.2) is 0 Å². The van der Waals surface area contributed by atoms with Crippen LogP contribution in [0.25, 0.3) is 10.8 Å². The predicted molar refractivity (Wildman–Crippen MR) is 169 cm³/mol. The molecular weight excluding hydrogens is 558 g/mol. The number of rotatable bonds is 14. The molecule has 0 saturated carbocycles. The summed E-state index contributed by atoms with van der Waals surface area (Å²) in [6.45, 7) is 8.14. The fourth-order valence-corrected chi connectivity index (χ4v) is 4.60. The molecule has 4 rings (SSSR count). The highest BCUT2D eigenvalue weighted by atomic mass is 16.5. The molecule has 0 unspecified atom stereocenters. The van der Waals surface area contributed by atoms with E-state index in [0.29, 0.717) is 52.2 Å². The molecule has 1 N–H and O–H groups in total. The van der Waals surface area contributed by atoms with Crippen LogP contribution in [0.3, 0.4) is 0 Å². The lowest BCUT2D eigenvalue weighted by Gasteiger charge is -2.12. The normalized spacial score (nSPS) is 10.6. The molecule has 0 bridgehead atoms. The summed E-state index contributed by atoms with van der Waals surface area (Å²) < 4.78 is 22.0. The zero-order chi connectivity index (χ0) is 31.5. The maximum absolute atomic E-state index is 12.9. The van der Waals surface area contributed by atoms with Gasteiger partial charge in [-0.05, 0) is 104 Å². The van der Waals surface area contributed by atoms with E-state index >= 15 is 0 Å². The number of hydrogen-bond acceptors (Lipinski definition) is 8. The van der Waals surface area contributed by atoms with Gasteiger partial charge in [0.25, 0.3) is 0 Å². The van der Waals surface area contributed by atoms with Gasteiger partial charge in [-0.3, -0.25) is 0 Å². The van der Waals surface area contributed by atoms with Gasteiger partial charge in [0, 0.05) is 17.9 Å². The Morgan fingerprint density at radius 3 is 2.11 bits per heavy atom. The third-order valence-electron chi connectivity index (χ3n) is 6.95. The Bertz CT molecular complexity index is 1670. The molecule has 0 amide bonds. The van der Waals surface area contributed by atoms with Crippen molar-refractivity contribution in [3.05, 3.63) is 113 Å². The molecule has 0 aliphatic heterocycles. The SMILES string of the molecule is C=CC(=O)OCCCCCCOc1ccc(C(=O)Oc2ccc3cc(C(=O)Oc4ccc(C)cc4C)ccc3c2C=N)cc1. The summed E-state index contributed by atoms with van der Waals surface area (Å²) in [5.74, 6) is -0.0783. The van der Waals surface area contributed by atoms with Crippen LogP contribution in [0.1, 0.15) is 63.1 Å². The smallest absolute Gasteiger partial charge is 0.343 e. The van der Waals surface area contributed by atoms with Gasteiger partial charge < -0.3 is 24.4 Å². The van der Waals surface area contributed by atoms with Crippen LogP contribution in [0.2, 0.25) is 0 Å². The van der Waals surface area contributed by atoms with Crippen LogP contribution in [-0.2, 0) is 9.53 Å². The molecule has 226 valence electrons. The number of unbranched alkanes of at least 4 members (excludes halogenated alkanes) is 3. The van der Waals surface area contributed by atoms with Gasteiger partial charge in [0.05, 0.1) is 24.3 Å². The van der Waals surface area contributed by atoms with E-state index in [1.165, 1.54) is 0 Å². The van der Waals surface area contributed by atoms with Crippen LogP contribution in [0.15, 0.2) is 85.5 Å². The van der Waals surface area contributed by atoms with Gasteiger partial charge in [-0.15, -0.1) is 0 Å². The molecule has 0 aliphatic rings. The fourth-order valence-electron chi connectivity index (χ4n) is 4.60. The Balaban J connectivity index is 1.33. The molecule has 0 radical (unpaired) electrons. The number of benzene rings is 4. The van der Waals surface area contributed by atoms with E-state index in [4.69, 9.17) is 24.4 Å². The van der Waals surface area contributed by atoms with Crippen LogP contribution in [0.5, 0.6) is 17.2 Å². The van der Waals surface area contributed by atoms with E-state index in [1.54, 1.807) is 60.7 Å². The standard InChI is InChI=1S/C36H35NO7/c1-4-34(38)42-20-8-6-5-7-19-41-29-14-10-26(11-15-29)35(39)44-33-18-13-27-22-28(12-16-30(27)31(33)23-37)36(40)43-32-17-9-24(2)21-25(32)3/h4,9-18,21-23,37H,1,5-8,19-20H2,2-3H3. The summed E-state index contributed by atoms with van der Waals surface area (Å²) in [5.41, 5.74) is 3.08. The highest BCUT2D eigenvalue weighted by Gasteiger charge is 2.16. The summed E-state index contributed by atoms with van der Waals surface area (Å²) in [7, 11) is 0. The van der Waals surface area contributed by atoms with Gasteiger partial charge >= 0.3 is 17.9 Å². The van der Waals surface area contributed by atoms with Gasteiger partial charge in [-0.2, -0.15) is 0 Å². The summed E-state index contributed by atoms with van der Waals surface area (Å²) in [6, 6.07) is 20.7. The molecule has 0 saturated heterocycles. The quantitative estimate of drug-likeness (QED) is 0.0528. The molecular formula is C36H35NO7. The number of nitrogens with one attached hydrogen (secondary N) is 1. The summed E-state index contributed by atoms with van der Waals surface area (Å²) in [4.78, 5) is 36.8.